The maximum Gasteiger partial charge on any atom is 0.156 e. The van der Waals surface area contributed by atoms with Gasteiger partial charge in [-0.1, -0.05) is 12.1 Å². The molecule has 26 heavy (non-hydrogen) atoms. The van der Waals surface area contributed by atoms with Crippen LogP contribution in [0.3, 0.4) is 0 Å². The van der Waals surface area contributed by atoms with E-state index in [1.807, 2.05) is 18.2 Å². The third-order valence-electron chi connectivity index (χ3n) is 4.44. The molecule has 2 heterocycles. The molecule has 1 atom stereocenters. The summed E-state index contributed by atoms with van der Waals surface area (Å²) in [6.45, 7) is 6.04. The lowest BCUT2D eigenvalue weighted by Crippen LogP contribution is -2.34. The molecular weight excluding hydrogens is 333 g/mol. The van der Waals surface area contributed by atoms with Crippen LogP contribution in [0.2, 0.25) is 0 Å². The number of nitrogens with zero attached hydrogens (tertiary/aromatic N) is 2. The van der Waals surface area contributed by atoms with Gasteiger partial charge in [-0.2, -0.15) is 0 Å². The normalized spacial score (nSPS) is 17.5. The van der Waals surface area contributed by atoms with Crippen molar-refractivity contribution >= 4 is 5.82 Å². The number of aromatic nitrogens is 2. The first kappa shape index (κ1) is 18.7. The van der Waals surface area contributed by atoms with Gasteiger partial charge in [-0.25, -0.2) is 14.4 Å². The minimum Gasteiger partial charge on any atom is -0.381 e. The van der Waals surface area contributed by atoms with Crippen LogP contribution in [0.4, 0.5) is 10.2 Å². The molecular formula is C20H26FN3O2. The first-order chi connectivity index (χ1) is 12.4. The van der Waals surface area contributed by atoms with Crippen molar-refractivity contribution in [2.45, 2.75) is 44.8 Å². The predicted molar refractivity (Wildman–Crippen MR) is 98.7 cm³/mol. The zero-order valence-corrected chi connectivity index (χ0v) is 15.6. The highest BCUT2D eigenvalue weighted by atomic mass is 19.1. The zero-order chi connectivity index (χ0) is 18.6. The Morgan fingerprint density at radius 1 is 1.27 bits per heavy atom. The van der Waals surface area contributed by atoms with Crippen molar-refractivity contribution in [3.8, 4) is 0 Å². The Bertz CT molecular complexity index is 728. The number of ether oxygens (including phenoxy) is 2. The summed E-state index contributed by atoms with van der Waals surface area (Å²) in [5.74, 6) is 1.52. The molecule has 0 radical (unpaired) electrons. The summed E-state index contributed by atoms with van der Waals surface area (Å²) in [6, 6.07) is 8.62. The van der Waals surface area contributed by atoms with Gasteiger partial charge in [0.1, 0.15) is 18.2 Å². The van der Waals surface area contributed by atoms with E-state index in [2.05, 4.69) is 29.1 Å². The third-order valence-corrected chi connectivity index (χ3v) is 4.44. The molecule has 1 aliphatic rings. The minimum atomic E-state index is -0.250. The number of rotatable bonds is 7. The fourth-order valence-corrected chi connectivity index (χ4v) is 3.26. The Morgan fingerprint density at radius 3 is 2.69 bits per heavy atom. The van der Waals surface area contributed by atoms with Gasteiger partial charge < -0.3 is 14.8 Å². The molecule has 5 nitrogen and oxygen atoms in total. The van der Waals surface area contributed by atoms with Crippen molar-refractivity contribution in [2.24, 2.45) is 0 Å². The topological polar surface area (TPSA) is 56.3 Å². The van der Waals surface area contributed by atoms with Crippen molar-refractivity contribution in [2.75, 3.05) is 25.6 Å². The van der Waals surface area contributed by atoms with Crippen molar-refractivity contribution in [1.82, 2.24) is 9.97 Å². The summed E-state index contributed by atoms with van der Waals surface area (Å²) in [6.07, 6.45) is 1.72. The Labute approximate surface area is 154 Å². The van der Waals surface area contributed by atoms with Crippen molar-refractivity contribution < 1.29 is 13.9 Å². The zero-order valence-electron chi connectivity index (χ0n) is 15.6. The lowest BCUT2D eigenvalue weighted by molar-refractivity contribution is 0.177. The number of hydrogen-bond acceptors (Lipinski definition) is 5. The number of nitrogens with one attached hydrogen (secondary N) is 1. The lowest BCUT2D eigenvalue weighted by Gasteiger charge is -2.28. The highest BCUT2D eigenvalue weighted by molar-refractivity contribution is 5.40. The first-order valence-corrected chi connectivity index (χ1v) is 8.92. The Kier molecular flexibility index (Phi) is 5.84. The summed E-state index contributed by atoms with van der Waals surface area (Å²) >= 11 is 0. The molecule has 2 aromatic rings. The fourth-order valence-electron chi connectivity index (χ4n) is 3.26. The van der Waals surface area contributed by atoms with Gasteiger partial charge in [-0.15, -0.1) is 0 Å². The fraction of sp³-hybridized carbons (Fsp3) is 0.500. The molecule has 0 unspecified atom stereocenters. The van der Waals surface area contributed by atoms with Crippen LogP contribution in [-0.4, -0.2) is 35.8 Å². The van der Waals surface area contributed by atoms with Crippen molar-refractivity contribution in [3.63, 3.8) is 0 Å². The van der Waals surface area contributed by atoms with Gasteiger partial charge in [0.2, 0.25) is 0 Å². The molecule has 1 fully saturated rings. The Morgan fingerprint density at radius 2 is 2.04 bits per heavy atom. The first-order valence-electron chi connectivity index (χ1n) is 8.92. The van der Waals surface area contributed by atoms with E-state index in [0.29, 0.717) is 25.0 Å². The molecule has 6 heteroatoms. The largest absolute Gasteiger partial charge is 0.381 e. The summed E-state index contributed by atoms with van der Waals surface area (Å²) in [7, 11) is 1.64. The van der Waals surface area contributed by atoms with E-state index in [1.54, 1.807) is 7.11 Å². The number of halogens is 1. The SMILES string of the molecule is COCc1nc(NC(C)(C)Cc2ccc(F)cc2)cc([C@@H]2CCOC2)n1. The Hall–Kier alpha value is -2.05. The van der Waals surface area contributed by atoms with Crippen LogP contribution in [0.1, 0.15) is 43.3 Å². The Balaban J connectivity index is 1.78. The van der Waals surface area contributed by atoms with Crippen LogP contribution in [0, 0.1) is 5.82 Å². The van der Waals surface area contributed by atoms with Gasteiger partial charge in [0.15, 0.2) is 5.82 Å². The van der Waals surface area contributed by atoms with E-state index < -0.39 is 0 Å². The summed E-state index contributed by atoms with van der Waals surface area (Å²) in [5.41, 5.74) is 1.81. The molecule has 1 N–H and O–H groups in total. The third kappa shape index (κ3) is 4.99. The highest BCUT2D eigenvalue weighted by Gasteiger charge is 2.23. The van der Waals surface area contributed by atoms with Gasteiger partial charge >= 0.3 is 0 Å². The van der Waals surface area contributed by atoms with E-state index in [0.717, 1.165) is 36.5 Å². The second kappa shape index (κ2) is 8.10. The molecule has 1 aromatic heterocycles. The molecule has 3 rings (SSSR count). The maximum absolute atomic E-state index is 13.1. The molecule has 140 valence electrons. The molecule has 0 bridgehead atoms. The monoisotopic (exact) mass is 359 g/mol. The van der Waals surface area contributed by atoms with E-state index >= 15 is 0 Å². The molecule has 0 spiro atoms. The highest BCUT2D eigenvalue weighted by Crippen LogP contribution is 2.27. The number of anilines is 1. The number of methoxy groups -OCH3 is 1. The average molecular weight is 359 g/mol. The van der Waals surface area contributed by atoms with Crippen LogP contribution < -0.4 is 5.32 Å². The average Bonchev–Trinajstić information content (AvgIpc) is 3.11. The van der Waals surface area contributed by atoms with Crippen LogP contribution >= 0.6 is 0 Å². The van der Waals surface area contributed by atoms with Crippen molar-refractivity contribution in [1.29, 1.82) is 0 Å². The van der Waals surface area contributed by atoms with E-state index in [4.69, 9.17) is 9.47 Å². The second-order valence-electron chi connectivity index (χ2n) is 7.40. The van der Waals surface area contributed by atoms with Crippen LogP contribution in [-0.2, 0) is 22.5 Å². The van der Waals surface area contributed by atoms with Crippen LogP contribution in [0.15, 0.2) is 30.3 Å². The van der Waals surface area contributed by atoms with E-state index in [1.165, 1.54) is 12.1 Å². The van der Waals surface area contributed by atoms with Gasteiger partial charge in [-0.05, 0) is 44.4 Å². The summed E-state index contributed by atoms with van der Waals surface area (Å²) in [4.78, 5) is 9.22. The smallest absolute Gasteiger partial charge is 0.156 e. The number of benzene rings is 1. The quantitative estimate of drug-likeness (QED) is 0.817. The van der Waals surface area contributed by atoms with E-state index in [9.17, 15) is 4.39 Å². The predicted octanol–water partition coefficient (Wildman–Crippen LogP) is 3.70. The van der Waals surface area contributed by atoms with Gasteiger partial charge in [0.05, 0.1) is 12.3 Å². The van der Waals surface area contributed by atoms with Crippen molar-refractivity contribution in [3.05, 3.63) is 53.2 Å². The minimum absolute atomic E-state index is 0.219. The molecule has 1 aromatic carbocycles. The number of hydrogen-bond donors (Lipinski definition) is 1. The van der Waals surface area contributed by atoms with Gasteiger partial charge in [0.25, 0.3) is 0 Å². The van der Waals surface area contributed by atoms with Crippen LogP contribution in [0.25, 0.3) is 0 Å². The standard InChI is InChI=1S/C20H26FN3O2/c1-20(2,11-14-4-6-16(21)7-5-14)24-18-10-17(15-8-9-26-12-15)22-19(23-18)13-25-3/h4-7,10,15H,8-9,11-13H2,1-3H3,(H,22,23,24)/t15-/m1/s1. The summed E-state index contributed by atoms with van der Waals surface area (Å²) < 4.78 is 23.8. The molecule has 1 aliphatic heterocycles. The molecule has 1 saturated heterocycles. The second-order valence-corrected chi connectivity index (χ2v) is 7.40. The lowest BCUT2D eigenvalue weighted by atomic mass is 9.94. The van der Waals surface area contributed by atoms with E-state index in [-0.39, 0.29) is 11.4 Å². The van der Waals surface area contributed by atoms with Crippen LogP contribution in [0.5, 0.6) is 0 Å². The summed E-state index contributed by atoms with van der Waals surface area (Å²) in [5, 5.41) is 3.50. The molecule has 0 amide bonds. The molecule has 0 aliphatic carbocycles. The van der Waals surface area contributed by atoms with Gasteiger partial charge in [-0.3, -0.25) is 0 Å². The van der Waals surface area contributed by atoms with Gasteiger partial charge in [0, 0.05) is 31.2 Å². The molecule has 0 saturated carbocycles. The maximum atomic E-state index is 13.1.